The molecule has 2 atom stereocenters. The SMILES string of the molecule is C[C@@H](C[C@@H](C(=O)OC(C)(C)C)N1C(=O)c2ccccc2C1=O)NC(=O)OCc1ccccc1. The predicted molar refractivity (Wildman–Crippen MR) is 120 cm³/mol. The van der Waals surface area contributed by atoms with Crippen LogP contribution in [-0.4, -0.2) is 46.5 Å². The third-order valence-corrected chi connectivity index (χ3v) is 4.97. The summed E-state index contributed by atoms with van der Waals surface area (Å²) in [7, 11) is 0. The van der Waals surface area contributed by atoms with Gasteiger partial charge in [0.05, 0.1) is 11.1 Å². The van der Waals surface area contributed by atoms with Gasteiger partial charge in [0, 0.05) is 6.04 Å². The number of alkyl carbamates (subject to hydrolysis) is 1. The molecular formula is C25H28N2O6. The van der Waals surface area contributed by atoms with Crippen molar-refractivity contribution in [2.75, 3.05) is 0 Å². The lowest BCUT2D eigenvalue weighted by atomic mass is 10.1. The van der Waals surface area contributed by atoms with Crippen molar-refractivity contribution in [3.63, 3.8) is 0 Å². The van der Waals surface area contributed by atoms with Crippen LogP contribution in [0.4, 0.5) is 4.79 Å². The Morgan fingerprint density at radius 3 is 2.03 bits per heavy atom. The molecule has 0 aromatic heterocycles. The molecule has 1 heterocycles. The molecule has 2 aromatic rings. The highest BCUT2D eigenvalue weighted by Crippen LogP contribution is 2.27. The fraction of sp³-hybridized carbons (Fsp3) is 0.360. The zero-order valence-corrected chi connectivity index (χ0v) is 19.2. The highest BCUT2D eigenvalue weighted by molar-refractivity contribution is 6.22. The fourth-order valence-electron chi connectivity index (χ4n) is 3.53. The van der Waals surface area contributed by atoms with Crippen LogP contribution < -0.4 is 5.32 Å². The van der Waals surface area contributed by atoms with Gasteiger partial charge in [-0.05, 0) is 51.8 Å². The maximum atomic E-state index is 13.0. The molecule has 1 aliphatic heterocycles. The van der Waals surface area contributed by atoms with Gasteiger partial charge in [-0.15, -0.1) is 0 Å². The second-order valence-electron chi connectivity index (χ2n) is 8.92. The molecule has 1 N–H and O–H groups in total. The maximum Gasteiger partial charge on any atom is 0.407 e. The van der Waals surface area contributed by atoms with Gasteiger partial charge in [-0.3, -0.25) is 14.5 Å². The number of nitrogens with zero attached hydrogens (tertiary/aromatic N) is 1. The zero-order chi connectivity index (χ0) is 24.2. The summed E-state index contributed by atoms with van der Waals surface area (Å²) < 4.78 is 10.7. The fourth-order valence-corrected chi connectivity index (χ4v) is 3.53. The van der Waals surface area contributed by atoms with E-state index in [1.54, 1.807) is 52.0 Å². The number of carbonyl (C=O) groups is 4. The van der Waals surface area contributed by atoms with Gasteiger partial charge in [-0.2, -0.15) is 0 Å². The van der Waals surface area contributed by atoms with Gasteiger partial charge in [-0.1, -0.05) is 42.5 Å². The maximum absolute atomic E-state index is 13.0. The number of hydrogen-bond acceptors (Lipinski definition) is 6. The first-order valence-electron chi connectivity index (χ1n) is 10.7. The number of carbonyl (C=O) groups excluding carboxylic acids is 4. The highest BCUT2D eigenvalue weighted by atomic mass is 16.6. The molecule has 0 aliphatic carbocycles. The smallest absolute Gasteiger partial charge is 0.407 e. The normalized spacial score (nSPS) is 15.0. The molecule has 3 rings (SSSR count). The van der Waals surface area contributed by atoms with E-state index in [2.05, 4.69) is 5.32 Å². The van der Waals surface area contributed by atoms with E-state index < -0.39 is 41.6 Å². The number of amides is 3. The van der Waals surface area contributed by atoms with Crippen molar-refractivity contribution in [1.82, 2.24) is 10.2 Å². The standard InChI is InChI=1S/C25H28N2O6/c1-16(26-24(31)32-15-17-10-6-5-7-11-17)14-20(23(30)33-25(2,3)4)27-21(28)18-12-8-9-13-19(18)22(27)29/h5-13,16,20H,14-15H2,1-4H3,(H,26,31)/t16-,20-/m0/s1. The first kappa shape index (κ1) is 24.0. The van der Waals surface area contributed by atoms with Crippen LogP contribution in [0.5, 0.6) is 0 Å². The van der Waals surface area contributed by atoms with Crippen LogP contribution in [0.2, 0.25) is 0 Å². The highest BCUT2D eigenvalue weighted by Gasteiger charge is 2.44. The lowest BCUT2D eigenvalue weighted by Gasteiger charge is -2.30. The summed E-state index contributed by atoms with van der Waals surface area (Å²) >= 11 is 0. The van der Waals surface area contributed by atoms with Crippen molar-refractivity contribution in [2.45, 2.75) is 58.4 Å². The molecule has 0 spiro atoms. The van der Waals surface area contributed by atoms with Crippen molar-refractivity contribution in [1.29, 1.82) is 0 Å². The van der Waals surface area contributed by atoms with E-state index in [1.807, 2.05) is 30.3 Å². The minimum Gasteiger partial charge on any atom is -0.458 e. The number of fused-ring (bicyclic) bond motifs is 1. The summed E-state index contributed by atoms with van der Waals surface area (Å²) in [6, 6.07) is 13.8. The topological polar surface area (TPSA) is 102 Å². The van der Waals surface area contributed by atoms with Crippen molar-refractivity contribution >= 4 is 23.9 Å². The molecule has 1 aliphatic rings. The van der Waals surface area contributed by atoms with Crippen molar-refractivity contribution in [3.05, 3.63) is 71.3 Å². The predicted octanol–water partition coefficient (Wildman–Crippen LogP) is 3.70. The molecule has 0 saturated carbocycles. The Bertz CT molecular complexity index is 1010. The van der Waals surface area contributed by atoms with Gasteiger partial charge in [0.25, 0.3) is 11.8 Å². The molecule has 0 bridgehead atoms. The van der Waals surface area contributed by atoms with Crippen LogP contribution in [0.3, 0.4) is 0 Å². The van der Waals surface area contributed by atoms with Crippen molar-refractivity contribution in [3.8, 4) is 0 Å². The number of esters is 1. The molecule has 8 heteroatoms. The summed E-state index contributed by atoms with van der Waals surface area (Å²) in [4.78, 5) is 52.1. The Kier molecular flexibility index (Phi) is 7.16. The summed E-state index contributed by atoms with van der Waals surface area (Å²) in [5.41, 5.74) is 0.482. The third-order valence-electron chi connectivity index (χ3n) is 4.97. The average Bonchev–Trinajstić information content (AvgIpc) is 3.00. The molecule has 8 nitrogen and oxygen atoms in total. The molecular weight excluding hydrogens is 424 g/mol. The molecule has 33 heavy (non-hydrogen) atoms. The number of benzene rings is 2. The third kappa shape index (κ3) is 5.97. The monoisotopic (exact) mass is 452 g/mol. The zero-order valence-electron chi connectivity index (χ0n) is 19.2. The van der Waals surface area contributed by atoms with Gasteiger partial charge in [-0.25, -0.2) is 9.59 Å². The van der Waals surface area contributed by atoms with Crippen LogP contribution in [-0.2, 0) is 20.9 Å². The minimum absolute atomic E-state index is 0.0270. The first-order chi connectivity index (χ1) is 15.6. The Labute approximate surface area is 192 Å². The number of imide groups is 1. The van der Waals surface area contributed by atoms with E-state index in [9.17, 15) is 19.2 Å². The van der Waals surface area contributed by atoms with Gasteiger partial charge in [0.15, 0.2) is 0 Å². The summed E-state index contributed by atoms with van der Waals surface area (Å²) in [6.45, 7) is 6.86. The average molecular weight is 453 g/mol. The minimum atomic E-state index is -1.21. The van der Waals surface area contributed by atoms with E-state index in [0.29, 0.717) is 0 Å². The number of nitrogens with one attached hydrogen (secondary N) is 1. The Hall–Kier alpha value is -3.68. The molecule has 0 unspecified atom stereocenters. The van der Waals surface area contributed by atoms with Gasteiger partial charge >= 0.3 is 12.1 Å². The van der Waals surface area contributed by atoms with Crippen molar-refractivity contribution < 1.29 is 28.7 Å². The van der Waals surface area contributed by atoms with Crippen LogP contribution >= 0.6 is 0 Å². The molecule has 3 amide bonds. The van der Waals surface area contributed by atoms with Gasteiger partial charge in [0.2, 0.25) is 0 Å². The Morgan fingerprint density at radius 2 is 1.48 bits per heavy atom. The lowest BCUT2D eigenvalue weighted by Crippen LogP contribution is -2.50. The summed E-state index contributed by atoms with van der Waals surface area (Å²) in [5, 5.41) is 2.65. The summed E-state index contributed by atoms with van der Waals surface area (Å²) in [6.07, 6.45) is -0.697. The lowest BCUT2D eigenvalue weighted by molar-refractivity contribution is -0.160. The van der Waals surface area contributed by atoms with Crippen molar-refractivity contribution in [2.24, 2.45) is 0 Å². The number of rotatable bonds is 7. The van der Waals surface area contributed by atoms with E-state index in [4.69, 9.17) is 9.47 Å². The van der Waals surface area contributed by atoms with E-state index in [0.717, 1.165) is 10.5 Å². The first-order valence-corrected chi connectivity index (χ1v) is 10.7. The molecule has 0 saturated heterocycles. The number of hydrogen-bond donors (Lipinski definition) is 1. The van der Waals surface area contributed by atoms with Crippen LogP contribution in [0.1, 0.15) is 60.4 Å². The molecule has 2 aromatic carbocycles. The van der Waals surface area contributed by atoms with Crippen LogP contribution in [0.15, 0.2) is 54.6 Å². The Morgan fingerprint density at radius 1 is 0.939 bits per heavy atom. The van der Waals surface area contributed by atoms with E-state index >= 15 is 0 Å². The Balaban J connectivity index is 1.72. The van der Waals surface area contributed by atoms with E-state index in [-0.39, 0.29) is 24.2 Å². The molecule has 0 radical (unpaired) electrons. The van der Waals surface area contributed by atoms with Crippen LogP contribution in [0.25, 0.3) is 0 Å². The van der Waals surface area contributed by atoms with Gasteiger partial charge < -0.3 is 14.8 Å². The second kappa shape index (κ2) is 9.85. The molecule has 0 fully saturated rings. The quantitative estimate of drug-likeness (QED) is 0.508. The van der Waals surface area contributed by atoms with Gasteiger partial charge in [0.1, 0.15) is 18.2 Å². The van der Waals surface area contributed by atoms with Crippen LogP contribution in [0, 0.1) is 0 Å². The second-order valence-corrected chi connectivity index (χ2v) is 8.92. The molecule has 174 valence electrons. The van der Waals surface area contributed by atoms with E-state index in [1.165, 1.54) is 0 Å². The summed E-state index contributed by atoms with van der Waals surface area (Å²) in [5.74, 6) is -1.85. The number of ether oxygens (including phenoxy) is 2. The largest absolute Gasteiger partial charge is 0.458 e.